The summed E-state index contributed by atoms with van der Waals surface area (Å²) in [6, 6.07) is 33.5. The van der Waals surface area contributed by atoms with Crippen molar-refractivity contribution in [2.45, 2.75) is 4.90 Å². The van der Waals surface area contributed by atoms with E-state index in [2.05, 4.69) is 5.32 Å². The normalized spacial score (nSPS) is 11.7. The minimum absolute atomic E-state index is 0.0274. The Labute approximate surface area is 214 Å². The summed E-state index contributed by atoms with van der Waals surface area (Å²) < 4.78 is 31.1. The molecule has 5 aromatic carbocycles. The van der Waals surface area contributed by atoms with Crippen molar-refractivity contribution in [1.82, 2.24) is 0 Å². The highest BCUT2D eigenvalue weighted by Gasteiger charge is 2.18. The number of nitrogens with one attached hydrogen (secondary N) is 1. The zero-order chi connectivity index (χ0) is 25.8. The van der Waals surface area contributed by atoms with Crippen molar-refractivity contribution in [3.8, 4) is 11.8 Å². The van der Waals surface area contributed by atoms with Crippen molar-refractivity contribution in [2.24, 2.45) is 0 Å². The first-order valence-electron chi connectivity index (χ1n) is 11.4. The van der Waals surface area contributed by atoms with E-state index in [1.54, 1.807) is 30.3 Å². The summed E-state index contributed by atoms with van der Waals surface area (Å²) in [5.74, 6) is -0.512. The van der Waals surface area contributed by atoms with E-state index >= 15 is 0 Å². The maximum absolute atomic E-state index is 12.9. The van der Waals surface area contributed by atoms with Crippen LogP contribution in [0.4, 0.5) is 5.69 Å². The third-order valence-electron chi connectivity index (χ3n) is 5.76. The predicted molar refractivity (Wildman–Crippen MR) is 144 cm³/mol. The van der Waals surface area contributed by atoms with Crippen LogP contribution < -0.4 is 9.50 Å². The van der Waals surface area contributed by atoms with Gasteiger partial charge in [-0.15, -0.1) is 0 Å². The molecule has 37 heavy (non-hydrogen) atoms. The van der Waals surface area contributed by atoms with Gasteiger partial charge in [0.15, 0.2) is 0 Å². The molecule has 0 saturated carbocycles. The number of anilines is 1. The number of nitriles is 1. The first kappa shape index (κ1) is 23.8. The Bertz CT molecular complexity index is 1840. The molecule has 0 aliphatic rings. The molecule has 0 fully saturated rings. The minimum atomic E-state index is -4.10. The number of fused-ring (bicyclic) bond motifs is 2. The lowest BCUT2D eigenvalue weighted by Gasteiger charge is -2.09. The summed E-state index contributed by atoms with van der Waals surface area (Å²) in [6.45, 7) is 0. The van der Waals surface area contributed by atoms with Gasteiger partial charge >= 0.3 is 10.1 Å². The lowest BCUT2D eigenvalue weighted by molar-refractivity contribution is -0.112. The van der Waals surface area contributed by atoms with E-state index < -0.39 is 16.0 Å². The summed E-state index contributed by atoms with van der Waals surface area (Å²) in [4.78, 5) is 12.8. The van der Waals surface area contributed by atoms with Gasteiger partial charge in [0, 0.05) is 5.69 Å². The zero-order valence-electron chi connectivity index (χ0n) is 19.5. The van der Waals surface area contributed by atoms with Gasteiger partial charge in [-0.1, -0.05) is 72.8 Å². The molecule has 0 unspecified atom stereocenters. The highest BCUT2D eigenvalue weighted by molar-refractivity contribution is 7.87. The first-order chi connectivity index (χ1) is 17.9. The Hall–Kier alpha value is -4.93. The van der Waals surface area contributed by atoms with Gasteiger partial charge in [0.25, 0.3) is 5.91 Å². The molecule has 180 valence electrons. The maximum atomic E-state index is 12.9. The fraction of sp³-hybridized carbons (Fsp3) is 0. The lowest BCUT2D eigenvalue weighted by atomic mass is 10.1. The topological polar surface area (TPSA) is 96.3 Å². The average Bonchev–Trinajstić information content (AvgIpc) is 2.91. The van der Waals surface area contributed by atoms with Gasteiger partial charge in [0.05, 0.1) is 0 Å². The molecule has 7 heteroatoms. The SMILES string of the molecule is N#C/C(=C\c1cccc(OS(=O)(=O)c2ccc3ccccc3c2)c1)C(=O)Nc1ccc2ccccc2c1. The first-order valence-corrected chi connectivity index (χ1v) is 12.8. The van der Waals surface area contributed by atoms with Crippen LogP contribution in [-0.4, -0.2) is 14.3 Å². The van der Waals surface area contributed by atoms with Crippen LogP contribution in [0, 0.1) is 11.3 Å². The van der Waals surface area contributed by atoms with Gasteiger partial charge < -0.3 is 9.50 Å². The third-order valence-corrected chi connectivity index (χ3v) is 7.00. The summed E-state index contributed by atoms with van der Waals surface area (Å²) in [5, 5.41) is 16.0. The number of carbonyl (C=O) groups excluding carboxylic acids is 1. The standard InChI is InChI=1S/C30H20N2O4S/c31-20-26(30(33)32-27-14-12-22-7-1-3-9-24(22)18-27)16-21-6-5-11-28(17-21)36-37(34,35)29-15-13-23-8-2-4-10-25(23)19-29/h1-19H,(H,32,33)/b26-16+. The molecule has 0 aromatic heterocycles. The molecule has 5 aromatic rings. The number of amides is 1. The molecule has 5 rings (SSSR count). The summed E-state index contributed by atoms with van der Waals surface area (Å²) >= 11 is 0. The van der Waals surface area contributed by atoms with Crippen LogP contribution in [0.3, 0.4) is 0 Å². The quantitative estimate of drug-likeness (QED) is 0.166. The highest BCUT2D eigenvalue weighted by atomic mass is 32.2. The van der Waals surface area contributed by atoms with E-state index in [1.807, 2.05) is 66.7 Å². The van der Waals surface area contributed by atoms with Crippen LogP contribution in [-0.2, 0) is 14.9 Å². The van der Waals surface area contributed by atoms with Gasteiger partial charge in [-0.3, -0.25) is 4.79 Å². The van der Waals surface area contributed by atoms with E-state index in [1.165, 1.54) is 24.3 Å². The van der Waals surface area contributed by atoms with Crippen LogP contribution in [0.2, 0.25) is 0 Å². The van der Waals surface area contributed by atoms with Crippen LogP contribution in [0.5, 0.6) is 5.75 Å². The summed E-state index contributed by atoms with van der Waals surface area (Å²) in [7, 11) is -4.10. The molecule has 0 saturated heterocycles. The van der Waals surface area contributed by atoms with Crippen LogP contribution in [0.25, 0.3) is 27.6 Å². The third kappa shape index (κ3) is 5.35. The Balaban J connectivity index is 1.36. The van der Waals surface area contributed by atoms with Crippen molar-refractivity contribution >= 4 is 49.3 Å². The smallest absolute Gasteiger partial charge is 0.339 e. The molecule has 0 bridgehead atoms. The Morgan fingerprint density at radius 2 is 1.41 bits per heavy atom. The molecule has 1 N–H and O–H groups in total. The maximum Gasteiger partial charge on any atom is 0.339 e. The van der Waals surface area contributed by atoms with Crippen molar-refractivity contribution in [3.05, 3.63) is 120 Å². The highest BCUT2D eigenvalue weighted by Crippen LogP contribution is 2.24. The van der Waals surface area contributed by atoms with Crippen molar-refractivity contribution in [2.75, 3.05) is 5.32 Å². The van der Waals surface area contributed by atoms with Crippen molar-refractivity contribution in [3.63, 3.8) is 0 Å². The summed E-state index contributed by atoms with van der Waals surface area (Å²) in [5.41, 5.74) is 0.863. The molecule has 0 atom stereocenters. The van der Waals surface area contributed by atoms with Gasteiger partial charge in [0.2, 0.25) is 0 Å². The van der Waals surface area contributed by atoms with Crippen LogP contribution >= 0.6 is 0 Å². The van der Waals surface area contributed by atoms with Gasteiger partial charge in [0.1, 0.15) is 22.3 Å². The van der Waals surface area contributed by atoms with Gasteiger partial charge in [-0.05, 0) is 69.6 Å². The number of benzene rings is 5. The zero-order valence-corrected chi connectivity index (χ0v) is 20.3. The van der Waals surface area contributed by atoms with Gasteiger partial charge in [-0.2, -0.15) is 13.7 Å². The lowest BCUT2D eigenvalue weighted by Crippen LogP contribution is -2.13. The summed E-state index contributed by atoms with van der Waals surface area (Å²) in [6.07, 6.45) is 1.38. The Morgan fingerprint density at radius 3 is 2.11 bits per heavy atom. The number of carbonyl (C=O) groups is 1. The number of nitrogens with zero attached hydrogens (tertiary/aromatic N) is 1. The van der Waals surface area contributed by atoms with E-state index in [0.717, 1.165) is 21.5 Å². The largest absolute Gasteiger partial charge is 0.379 e. The number of hydrogen-bond donors (Lipinski definition) is 1. The number of hydrogen-bond acceptors (Lipinski definition) is 5. The fourth-order valence-electron chi connectivity index (χ4n) is 3.93. The van der Waals surface area contributed by atoms with Crippen molar-refractivity contribution < 1.29 is 17.4 Å². The number of rotatable bonds is 6. The molecular weight excluding hydrogens is 484 g/mol. The Kier molecular flexibility index (Phi) is 6.42. The Morgan fingerprint density at radius 1 is 0.757 bits per heavy atom. The van der Waals surface area contributed by atoms with Crippen molar-refractivity contribution in [1.29, 1.82) is 5.26 Å². The molecule has 0 radical (unpaired) electrons. The van der Waals surface area contributed by atoms with E-state index in [-0.39, 0.29) is 16.2 Å². The average molecular weight is 505 g/mol. The minimum Gasteiger partial charge on any atom is -0.379 e. The predicted octanol–water partition coefficient (Wildman–Crippen LogP) is 6.31. The van der Waals surface area contributed by atoms with Crippen LogP contribution in [0.1, 0.15) is 5.56 Å². The molecule has 0 aliphatic heterocycles. The van der Waals surface area contributed by atoms with Crippen LogP contribution in [0.15, 0.2) is 120 Å². The van der Waals surface area contributed by atoms with E-state index in [4.69, 9.17) is 4.18 Å². The molecule has 0 aliphatic carbocycles. The molecule has 1 amide bonds. The second kappa shape index (κ2) is 9.97. The molecule has 0 heterocycles. The molecule has 6 nitrogen and oxygen atoms in total. The monoisotopic (exact) mass is 504 g/mol. The second-order valence-electron chi connectivity index (χ2n) is 8.30. The second-order valence-corrected chi connectivity index (χ2v) is 9.85. The fourth-order valence-corrected chi connectivity index (χ4v) is 4.89. The van der Waals surface area contributed by atoms with Gasteiger partial charge in [-0.25, -0.2) is 0 Å². The van der Waals surface area contributed by atoms with E-state index in [9.17, 15) is 18.5 Å². The van der Waals surface area contributed by atoms with E-state index in [0.29, 0.717) is 11.3 Å². The molecular formula is C30H20N2O4S. The molecule has 0 spiro atoms.